The lowest BCUT2D eigenvalue weighted by molar-refractivity contribution is 0.100. The average molecular weight is 279 g/mol. The molecule has 19 heavy (non-hydrogen) atoms. The zero-order valence-corrected chi connectivity index (χ0v) is 11.4. The number of carbonyl (C=O) groups excluding carboxylic acids is 1. The number of hydrogen-bond donors (Lipinski definition) is 0. The second kappa shape index (κ2) is 4.93. The minimum absolute atomic E-state index is 0.113. The Morgan fingerprint density at radius 3 is 2.42 bits per heavy atom. The van der Waals surface area contributed by atoms with Gasteiger partial charge in [0.15, 0.2) is 26.3 Å². The number of sulfone groups is 1. The van der Waals surface area contributed by atoms with Gasteiger partial charge in [-0.25, -0.2) is 13.1 Å². The highest BCUT2D eigenvalue weighted by Crippen LogP contribution is 2.15. The number of carbonyl (C=O) groups is 1. The maximum atomic E-state index is 11.8. The van der Waals surface area contributed by atoms with Gasteiger partial charge in [0, 0.05) is 13.2 Å². The molecule has 0 fully saturated rings. The molecule has 2 rings (SSSR count). The first-order valence-electron chi connectivity index (χ1n) is 5.58. The van der Waals surface area contributed by atoms with Crippen LogP contribution in [0.15, 0.2) is 35.4 Å². The molecule has 0 bridgehead atoms. The molecular weight excluding hydrogens is 266 g/mol. The summed E-state index contributed by atoms with van der Waals surface area (Å²) in [7, 11) is -3.57. The zero-order chi connectivity index (χ0) is 14.0. The Hall–Kier alpha value is -2.02. The Morgan fingerprint density at radius 2 is 1.89 bits per heavy atom. The van der Waals surface area contributed by atoms with Crippen molar-refractivity contribution in [2.45, 2.75) is 18.5 Å². The van der Waals surface area contributed by atoms with E-state index in [1.807, 2.05) is 30.3 Å². The van der Waals surface area contributed by atoms with E-state index in [1.54, 1.807) is 0 Å². The highest BCUT2D eigenvalue weighted by atomic mass is 32.2. The predicted molar refractivity (Wildman–Crippen MR) is 68.7 cm³/mol. The molecule has 0 unspecified atom stereocenters. The Kier molecular flexibility index (Phi) is 3.48. The third-order valence-corrected chi connectivity index (χ3v) is 3.66. The van der Waals surface area contributed by atoms with Gasteiger partial charge >= 0.3 is 0 Å². The van der Waals surface area contributed by atoms with Gasteiger partial charge in [-0.1, -0.05) is 35.5 Å². The van der Waals surface area contributed by atoms with Crippen molar-refractivity contribution in [2.24, 2.45) is 0 Å². The van der Waals surface area contributed by atoms with E-state index >= 15 is 0 Å². The van der Waals surface area contributed by atoms with Crippen LogP contribution in [0.3, 0.4) is 0 Å². The van der Waals surface area contributed by atoms with Crippen LogP contribution in [0.4, 0.5) is 0 Å². The summed E-state index contributed by atoms with van der Waals surface area (Å²) in [6.07, 6.45) is 1.04. The third kappa shape index (κ3) is 2.87. The molecule has 1 aromatic carbocycles. The highest BCUT2D eigenvalue weighted by molar-refractivity contribution is 7.90. The molecule has 1 heterocycles. The monoisotopic (exact) mass is 279 g/mol. The second-order valence-electron chi connectivity index (χ2n) is 4.21. The second-order valence-corrected chi connectivity index (χ2v) is 6.15. The van der Waals surface area contributed by atoms with Crippen LogP contribution in [-0.4, -0.2) is 35.5 Å². The first-order chi connectivity index (χ1) is 8.89. The summed E-state index contributed by atoms with van der Waals surface area (Å²) in [4.78, 5) is 11.4. The quantitative estimate of drug-likeness (QED) is 0.778. The topological polar surface area (TPSA) is 81.9 Å². The van der Waals surface area contributed by atoms with Crippen LogP contribution in [0, 0.1) is 0 Å². The lowest BCUT2D eigenvalue weighted by Crippen LogP contribution is -2.13. The molecule has 0 aliphatic carbocycles. The summed E-state index contributed by atoms with van der Waals surface area (Å²) in [6, 6.07) is 9.25. The molecule has 6 nitrogen and oxygen atoms in total. The summed E-state index contributed by atoms with van der Waals surface area (Å²) in [6.45, 7) is 1.52. The molecular formula is C12H13N3O3S. The summed E-state index contributed by atoms with van der Waals surface area (Å²) < 4.78 is 24.8. The van der Waals surface area contributed by atoms with E-state index < -0.39 is 15.6 Å². The fourth-order valence-corrected chi connectivity index (χ4v) is 2.77. The fourth-order valence-electron chi connectivity index (χ4n) is 1.75. The van der Waals surface area contributed by atoms with Gasteiger partial charge in [0.25, 0.3) is 0 Å². The van der Waals surface area contributed by atoms with Crippen LogP contribution < -0.4 is 0 Å². The summed E-state index contributed by atoms with van der Waals surface area (Å²) in [5.74, 6) is -0.417. The molecule has 0 spiro atoms. The van der Waals surface area contributed by atoms with Crippen molar-refractivity contribution in [3.05, 3.63) is 41.6 Å². The summed E-state index contributed by atoms with van der Waals surface area (Å²) in [5.41, 5.74) is 0.769. The van der Waals surface area contributed by atoms with E-state index in [9.17, 15) is 13.2 Å². The number of Topliss-reactive ketones (excluding diaryl/α,β-unsaturated/α-hetero) is 1. The van der Waals surface area contributed by atoms with Gasteiger partial charge in [-0.05, 0) is 5.56 Å². The molecule has 0 saturated heterocycles. The Bertz CT molecular complexity index is 705. The molecule has 0 atom stereocenters. The zero-order valence-electron chi connectivity index (χ0n) is 10.6. The van der Waals surface area contributed by atoms with Crippen molar-refractivity contribution < 1.29 is 13.2 Å². The number of ketones is 1. The third-order valence-electron chi connectivity index (χ3n) is 2.55. The Balaban J connectivity index is 2.50. The van der Waals surface area contributed by atoms with Crippen LogP contribution in [0.5, 0.6) is 0 Å². The Morgan fingerprint density at radius 1 is 1.26 bits per heavy atom. The largest absolute Gasteiger partial charge is 0.293 e. The predicted octanol–water partition coefficient (Wildman–Crippen LogP) is 0.933. The number of aromatic nitrogens is 3. The number of nitrogens with zero attached hydrogens (tertiary/aromatic N) is 3. The molecule has 0 aliphatic rings. The minimum atomic E-state index is -3.57. The molecule has 2 aromatic rings. The normalized spacial score (nSPS) is 11.5. The molecule has 0 aliphatic heterocycles. The van der Waals surface area contributed by atoms with Crippen molar-refractivity contribution in [2.75, 3.05) is 6.26 Å². The summed E-state index contributed by atoms with van der Waals surface area (Å²) >= 11 is 0. The lowest BCUT2D eigenvalue weighted by Gasteiger charge is -2.05. The van der Waals surface area contributed by atoms with Crippen LogP contribution in [-0.2, 0) is 16.4 Å². The van der Waals surface area contributed by atoms with E-state index in [2.05, 4.69) is 10.3 Å². The van der Waals surface area contributed by atoms with Crippen LogP contribution in [0.2, 0.25) is 0 Å². The lowest BCUT2D eigenvalue weighted by atomic mass is 10.2. The maximum absolute atomic E-state index is 11.8. The molecule has 7 heteroatoms. The SMILES string of the molecule is CC(=O)c1nnn(Cc2ccccc2)c1S(C)(=O)=O. The van der Waals surface area contributed by atoms with E-state index in [0.29, 0.717) is 0 Å². The summed E-state index contributed by atoms with van der Waals surface area (Å²) in [5, 5.41) is 7.29. The average Bonchev–Trinajstić information content (AvgIpc) is 2.74. The molecule has 1 aromatic heterocycles. The number of rotatable bonds is 4. The number of benzene rings is 1. The maximum Gasteiger partial charge on any atom is 0.194 e. The van der Waals surface area contributed by atoms with Gasteiger partial charge in [0.05, 0.1) is 6.54 Å². The van der Waals surface area contributed by atoms with Gasteiger partial charge in [-0.3, -0.25) is 4.79 Å². The van der Waals surface area contributed by atoms with Crippen LogP contribution in [0.25, 0.3) is 0 Å². The van der Waals surface area contributed by atoms with Crippen molar-refractivity contribution in [3.8, 4) is 0 Å². The van der Waals surface area contributed by atoms with Crippen LogP contribution in [0.1, 0.15) is 23.0 Å². The smallest absolute Gasteiger partial charge is 0.194 e. The van der Waals surface area contributed by atoms with Gasteiger partial charge in [-0.2, -0.15) is 0 Å². The molecule has 0 amide bonds. The first-order valence-corrected chi connectivity index (χ1v) is 7.47. The molecule has 0 radical (unpaired) electrons. The van der Waals surface area contributed by atoms with Crippen molar-refractivity contribution in [3.63, 3.8) is 0 Å². The molecule has 100 valence electrons. The van der Waals surface area contributed by atoms with Crippen molar-refractivity contribution >= 4 is 15.6 Å². The van der Waals surface area contributed by atoms with Gasteiger partial charge < -0.3 is 0 Å². The Labute approximate surface area is 111 Å². The first kappa shape index (κ1) is 13.4. The van der Waals surface area contributed by atoms with Crippen LogP contribution >= 0.6 is 0 Å². The van der Waals surface area contributed by atoms with E-state index in [1.165, 1.54) is 11.6 Å². The van der Waals surface area contributed by atoms with Crippen molar-refractivity contribution in [1.82, 2.24) is 15.0 Å². The van der Waals surface area contributed by atoms with E-state index in [4.69, 9.17) is 0 Å². The van der Waals surface area contributed by atoms with E-state index in [0.717, 1.165) is 11.8 Å². The highest BCUT2D eigenvalue weighted by Gasteiger charge is 2.24. The van der Waals surface area contributed by atoms with Gasteiger partial charge in [0.2, 0.25) is 0 Å². The standard InChI is InChI=1S/C12H13N3O3S/c1-9(16)11-12(19(2,17)18)15(14-13-11)8-10-6-4-3-5-7-10/h3-7H,8H2,1-2H3. The van der Waals surface area contributed by atoms with E-state index in [-0.39, 0.29) is 17.3 Å². The minimum Gasteiger partial charge on any atom is -0.293 e. The fraction of sp³-hybridized carbons (Fsp3) is 0.250. The van der Waals surface area contributed by atoms with Crippen molar-refractivity contribution in [1.29, 1.82) is 0 Å². The van der Waals surface area contributed by atoms with Gasteiger partial charge in [-0.15, -0.1) is 5.10 Å². The molecule has 0 N–H and O–H groups in total. The van der Waals surface area contributed by atoms with Gasteiger partial charge in [0.1, 0.15) is 0 Å². The molecule has 0 saturated carbocycles. The number of hydrogen-bond acceptors (Lipinski definition) is 5.